The van der Waals surface area contributed by atoms with E-state index in [4.69, 9.17) is 9.26 Å². The zero-order valence-corrected chi connectivity index (χ0v) is 14.4. The number of hydrogen-bond donors (Lipinski definition) is 0. The molecular weight excluding hydrogens is 304 g/mol. The Bertz CT molecular complexity index is 703. The zero-order chi connectivity index (χ0) is 16.6. The van der Waals surface area contributed by atoms with E-state index in [9.17, 15) is 0 Å². The molecule has 1 aliphatic carbocycles. The quantitative estimate of drug-likeness (QED) is 0.855. The predicted octanol–water partition coefficient (Wildman–Crippen LogP) is 3.54. The molecule has 2 fully saturated rings. The molecule has 3 heterocycles. The van der Waals surface area contributed by atoms with Gasteiger partial charge in [0, 0.05) is 31.5 Å². The molecule has 6 nitrogen and oxygen atoms in total. The molecule has 0 amide bonds. The van der Waals surface area contributed by atoms with Crippen molar-refractivity contribution in [1.29, 1.82) is 0 Å². The molecule has 2 aromatic heterocycles. The van der Waals surface area contributed by atoms with Crippen LogP contribution in [0, 0.1) is 0 Å². The largest absolute Gasteiger partial charge is 0.367 e. The van der Waals surface area contributed by atoms with E-state index in [1.54, 1.807) is 0 Å². The Balaban J connectivity index is 1.58. The van der Waals surface area contributed by atoms with Crippen LogP contribution in [0.4, 0.5) is 5.82 Å². The summed E-state index contributed by atoms with van der Waals surface area (Å²) >= 11 is 0. The third-order valence-electron chi connectivity index (χ3n) is 5.34. The third kappa shape index (κ3) is 2.79. The molecule has 2 aliphatic rings. The van der Waals surface area contributed by atoms with Crippen LogP contribution in [0.25, 0.3) is 11.5 Å². The van der Waals surface area contributed by atoms with Gasteiger partial charge >= 0.3 is 0 Å². The Hall–Kier alpha value is -1.95. The summed E-state index contributed by atoms with van der Waals surface area (Å²) in [5, 5.41) is 4.15. The monoisotopic (exact) mass is 328 g/mol. The first-order valence-corrected chi connectivity index (χ1v) is 8.83. The minimum Gasteiger partial charge on any atom is -0.367 e. The Morgan fingerprint density at radius 1 is 1.25 bits per heavy atom. The van der Waals surface area contributed by atoms with Gasteiger partial charge in [0.2, 0.25) is 5.82 Å². The molecule has 24 heavy (non-hydrogen) atoms. The van der Waals surface area contributed by atoms with Gasteiger partial charge in [0.1, 0.15) is 11.4 Å². The highest BCUT2D eigenvalue weighted by Crippen LogP contribution is 2.35. The number of aromatic nitrogens is 3. The zero-order valence-electron chi connectivity index (χ0n) is 14.4. The molecule has 0 aromatic carbocycles. The molecular formula is C18H24N4O2. The molecule has 0 N–H and O–H groups in total. The molecule has 1 saturated carbocycles. The molecule has 6 heteroatoms. The van der Waals surface area contributed by atoms with Gasteiger partial charge in [0.05, 0.1) is 0 Å². The first kappa shape index (κ1) is 15.6. The summed E-state index contributed by atoms with van der Waals surface area (Å²) in [6.07, 6.45) is 8.87. The van der Waals surface area contributed by atoms with E-state index in [1.165, 1.54) is 25.7 Å². The molecule has 1 aliphatic heterocycles. The summed E-state index contributed by atoms with van der Waals surface area (Å²) in [7, 11) is 2.12. The van der Waals surface area contributed by atoms with Crippen molar-refractivity contribution in [2.75, 3.05) is 18.6 Å². The lowest BCUT2D eigenvalue weighted by atomic mass is 10.0. The number of nitrogens with zero attached hydrogens (tertiary/aromatic N) is 4. The van der Waals surface area contributed by atoms with Crippen molar-refractivity contribution in [3.63, 3.8) is 0 Å². The van der Waals surface area contributed by atoms with Crippen molar-refractivity contribution in [3.8, 4) is 11.5 Å². The van der Waals surface area contributed by atoms with Crippen LogP contribution in [0.3, 0.4) is 0 Å². The van der Waals surface area contributed by atoms with Gasteiger partial charge in [-0.3, -0.25) is 0 Å². The maximum atomic E-state index is 5.80. The van der Waals surface area contributed by atoms with Crippen LogP contribution in [-0.2, 0) is 10.3 Å². The number of anilines is 1. The smallest absolute Gasteiger partial charge is 0.258 e. The Morgan fingerprint density at radius 3 is 2.83 bits per heavy atom. The maximum absolute atomic E-state index is 5.80. The predicted molar refractivity (Wildman–Crippen MR) is 90.7 cm³/mol. The molecule has 4 rings (SSSR count). The highest BCUT2D eigenvalue weighted by Gasteiger charge is 2.36. The van der Waals surface area contributed by atoms with E-state index in [-0.39, 0.29) is 0 Å². The lowest BCUT2D eigenvalue weighted by Gasteiger charge is -2.25. The minimum atomic E-state index is -0.418. The van der Waals surface area contributed by atoms with Crippen molar-refractivity contribution in [2.45, 2.75) is 57.1 Å². The minimum absolute atomic E-state index is 0.418. The number of rotatable bonds is 4. The fourth-order valence-corrected chi connectivity index (χ4v) is 3.73. The lowest BCUT2D eigenvalue weighted by molar-refractivity contribution is 0.00768. The first-order valence-electron chi connectivity index (χ1n) is 8.83. The highest BCUT2D eigenvalue weighted by molar-refractivity contribution is 5.58. The Morgan fingerprint density at radius 2 is 2.08 bits per heavy atom. The second kappa shape index (κ2) is 6.16. The molecule has 1 unspecified atom stereocenters. The SMILES string of the molecule is CN(c1cc(-c2nc(C3(C)CCCO3)no2)ccn1)C1CCCC1. The highest BCUT2D eigenvalue weighted by atomic mass is 16.5. The van der Waals surface area contributed by atoms with Crippen molar-refractivity contribution >= 4 is 5.82 Å². The summed E-state index contributed by atoms with van der Waals surface area (Å²) in [5.41, 5.74) is 0.489. The van der Waals surface area contributed by atoms with Crippen molar-refractivity contribution in [2.24, 2.45) is 0 Å². The fourth-order valence-electron chi connectivity index (χ4n) is 3.73. The fraction of sp³-hybridized carbons (Fsp3) is 0.611. The van der Waals surface area contributed by atoms with Crippen LogP contribution in [0.15, 0.2) is 22.9 Å². The van der Waals surface area contributed by atoms with Gasteiger partial charge in [-0.05, 0) is 44.7 Å². The third-order valence-corrected chi connectivity index (χ3v) is 5.34. The average Bonchev–Trinajstić information content (AvgIpc) is 3.35. The topological polar surface area (TPSA) is 64.3 Å². The molecule has 128 valence electrons. The summed E-state index contributed by atoms with van der Waals surface area (Å²) in [6, 6.07) is 4.53. The Kier molecular flexibility index (Phi) is 4.00. The van der Waals surface area contributed by atoms with Crippen LogP contribution in [0.1, 0.15) is 51.3 Å². The van der Waals surface area contributed by atoms with E-state index in [0.29, 0.717) is 17.8 Å². The summed E-state index contributed by atoms with van der Waals surface area (Å²) in [6.45, 7) is 2.78. The van der Waals surface area contributed by atoms with Crippen LogP contribution in [0.2, 0.25) is 0 Å². The number of hydrogen-bond acceptors (Lipinski definition) is 6. The van der Waals surface area contributed by atoms with Crippen LogP contribution >= 0.6 is 0 Å². The molecule has 0 radical (unpaired) electrons. The van der Waals surface area contributed by atoms with Gasteiger partial charge in [-0.1, -0.05) is 18.0 Å². The molecule has 0 bridgehead atoms. The maximum Gasteiger partial charge on any atom is 0.258 e. The summed E-state index contributed by atoms with van der Waals surface area (Å²) in [5.74, 6) is 2.13. The van der Waals surface area contributed by atoms with Gasteiger partial charge in [-0.15, -0.1) is 0 Å². The van der Waals surface area contributed by atoms with E-state index < -0.39 is 5.60 Å². The van der Waals surface area contributed by atoms with Gasteiger partial charge in [0.15, 0.2) is 0 Å². The lowest BCUT2D eigenvalue weighted by Crippen LogP contribution is -2.29. The van der Waals surface area contributed by atoms with E-state index in [2.05, 4.69) is 27.1 Å². The van der Waals surface area contributed by atoms with E-state index in [0.717, 1.165) is 30.8 Å². The van der Waals surface area contributed by atoms with Crippen molar-refractivity contribution in [1.82, 2.24) is 15.1 Å². The summed E-state index contributed by atoms with van der Waals surface area (Å²) < 4.78 is 11.3. The average molecular weight is 328 g/mol. The van der Waals surface area contributed by atoms with Crippen molar-refractivity contribution < 1.29 is 9.26 Å². The Labute approximate surface area is 142 Å². The van der Waals surface area contributed by atoms with E-state index >= 15 is 0 Å². The molecule has 1 saturated heterocycles. The second-order valence-corrected chi connectivity index (χ2v) is 7.06. The second-order valence-electron chi connectivity index (χ2n) is 7.06. The van der Waals surface area contributed by atoms with Gasteiger partial charge in [-0.2, -0.15) is 4.98 Å². The standard InChI is InChI=1S/C18H24N4O2/c1-18(9-5-11-23-18)17-20-16(24-21-17)13-8-10-19-15(12-13)22(2)14-6-3-4-7-14/h8,10,12,14H,3-7,9,11H2,1-2H3. The van der Waals surface area contributed by atoms with Gasteiger partial charge < -0.3 is 14.2 Å². The number of pyridine rings is 1. The van der Waals surface area contributed by atoms with Gasteiger partial charge in [-0.25, -0.2) is 4.98 Å². The molecule has 1 atom stereocenters. The molecule has 2 aromatic rings. The number of ether oxygens (including phenoxy) is 1. The van der Waals surface area contributed by atoms with Crippen LogP contribution in [0.5, 0.6) is 0 Å². The van der Waals surface area contributed by atoms with Crippen LogP contribution in [-0.4, -0.2) is 34.8 Å². The van der Waals surface area contributed by atoms with E-state index in [1.807, 2.05) is 25.3 Å². The summed E-state index contributed by atoms with van der Waals surface area (Å²) in [4.78, 5) is 11.4. The van der Waals surface area contributed by atoms with Gasteiger partial charge in [0.25, 0.3) is 5.89 Å². The normalized spacial score (nSPS) is 24.6. The van der Waals surface area contributed by atoms with Crippen LogP contribution < -0.4 is 4.90 Å². The van der Waals surface area contributed by atoms with Crippen molar-refractivity contribution in [3.05, 3.63) is 24.2 Å². The first-order chi connectivity index (χ1) is 11.7. The molecule has 0 spiro atoms.